The topological polar surface area (TPSA) is 48.0 Å². The van der Waals surface area contributed by atoms with Gasteiger partial charge in [-0.15, -0.1) is 0 Å². The van der Waals surface area contributed by atoms with Crippen molar-refractivity contribution in [2.24, 2.45) is 5.92 Å². The number of amides is 1. The first kappa shape index (κ1) is 17.2. The van der Waals surface area contributed by atoms with Gasteiger partial charge in [0.05, 0.1) is 32.5 Å². The number of methoxy groups -OCH3 is 1. The van der Waals surface area contributed by atoms with Crippen LogP contribution in [0.2, 0.25) is 0 Å². The van der Waals surface area contributed by atoms with Gasteiger partial charge in [0.25, 0.3) is 5.91 Å². The standard InChI is InChI=1S/C19H27NO4/c1-3-23-13-16-7-5-9-19(16)14-20(10-11-24-19)18(21)15-6-4-8-17(12-15)22-2/h4,6,8,12,16H,3,5,7,9-11,13-14H2,1-2H3/t16-,19+/m0/s1. The van der Waals surface area contributed by atoms with E-state index in [1.807, 2.05) is 30.0 Å². The molecule has 0 unspecified atom stereocenters. The van der Waals surface area contributed by atoms with Gasteiger partial charge in [-0.3, -0.25) is 4.79 Å². The Morgan fingerprint density at radius 2 is 2.33 bits per heavy atom. The van der Waals surface area contributed by atoms with E-state index in [0.717, 1.165) is 32.5 Å². The summed E-state index contributed by atoms with van der Waals surface area (Å²) in [6.07, 6.45) is 3.26. The Balaban J connectivity index is 1.73. The third kappa shape index (κ3) is 3.42. The Labute approximate surface area is 143 Å². The highest BCUT2D eigenvalue weighted by Gasteiger charge is 2.47. The first-order valence-corrected chi connectivity index (χ1v) is 8.83. The molecule has 1 aliphatic heterocycles. The number of hydrogen-bond donors (Lipinski definition) is 0. The molecule has 2 fully saturated rings. The van der Waals surface area contributed by atoms with E-state index in [1.165, 1.54) is 0 Å². The summed E-state index contributed by atoms with van der Waals surface area (Å²) in [6.45, 7) is 5.34. The van der Waals surface area contributed by atoms with Crippen molar-refractivity contribution in [3.8, 4) is 5.75 Å². The summed E-state index contributed by atoms with van der Waals surface area (Å²) in [5.41, 5.74) is 0.438. The molecule has 1 aromatic rings. The molecular weight excluding hydrogens is 306 g/mol. The van der Waals surface area contributed by atoms with Gasteiger partial charge in [0.15, 0.2) is 0 Å². The number of morpholine rings is 1. The lowest BCUT2D eigenvalue weighted by molar-refractivity contribution is -0.132. The molecule has 132 valence electrons. The highest BCUT2D eigenvalue weighted by atomic mass is 16.5. The lowest BCUT2D eigenvalue weighted by Gasteiger charge is -2.44. The van der Waals surface area contributed by atoms with Crippen molar-refractivity contribution < 1.29 is 19.0 Å². The Bertz CT molecular complexity index is 576. The van der Waals surface area contributed by atoms with Crippen LogP contribution in [0.3, 0.4) is 0 Å². The van der Waals surface area contributed by atoms with Crippen molar-refractivity contribution in [1.82, 2.24) is 4.90 Å². The number of rotatable bonds is 5. The van der Waals surface area contributed by atoms with E-state index in [1.54, 1.807) is 13.2 Å². The number of ether oxygens (including phenoxy) is 3. The summed E-state index contributed by atoms with van der Waals surface area (Å²) in [5.74, 6) is 1.14. The minimum atomic E-state index is -0.234. The van der Waals surface area contributed by atoms with Crippen LogP contribution in [0.1, 0.15) is 36.5 Å². The van der Waals surface area contributed by atoms with Gasteiger partial charge in [0.1, 0.15) is 5.75 Å². The second-order valence-corrected chi connectivity index (χ2v) is 6.62. The molecule has 1 amide bonds. The monoisotopic (exact) mass is 333 g/mol. The van der Waals surface area contributed by atoms with E-state index >= 15 is 0 Å². The van der Waals surface area contributed by atoms with E-state index in [2.05, 4.69) is 0 Å². The summed E-state index contributed by atoms with van der Waals surface area (Å²) in [7, 11) is 1.62. The molecular formula is C19H27NO4. The number of benzene rings is 1. The maximum atomic E-state index is 12.9. The summed E-state index contributed by atoms with van der Waals surface area (Å²) in [6, 6.07) is 7.36. The van der Waals surface area contributed by atoms with Crippen molar-refractivity contribution in [3.63, 3.8) is 0 Å². The van der Waals surface area contributed by atoms with E-state index in [4.69, 9.17) is 14.2 Å². The van der Waals surface area contributed by atoms with Gasteiger partial charge in [0.2, 0.25) is 0 Å². The average Bonchev–Trinajstić information content (AvgIpc) is 3.00. The molecule has 1 spiro atoms. The summed E-state index contributed by atoms with van der Waals surface area (Å²) < 4.78 is 17.1. The molecule has 1 saturated heterocycles. The van der Waals surface area contributed by atoms with Crippen LogP contribution in [-0.2, 0) is 9.47 Å². The molecule has 2 aliphatic rings. The van der Waals surface area contributed by atoms with Crippen molar-refractivity contribution in [3.05, 3.63) is 29.8 Å². The summed E-state index contributed by atoms with van der Waals surface area (Å²) in [4.78, 5) is 14.8. The second kappa shape index (κ2) is 7.53. The molecule has 0 N–H and O–H groups in total. The first-order chi connectivity index (χ1) is 11.7. The molecule has 3 rings (SSSR count). The van der Waals surface area contributed by atoms with Crippen molar-refractivity contribution >= 4 is 5.91 Å². The SMILES string of the molecule is CCOC[C@@H]1CCC[C@@]12CN(C(=O)c1cccc(OC)c1)CCO2. The highest BCUT2D eigenvalue weighted by molar-refractivity contribution is 5.94. The fourth-order valence-corrected chi connectivity index (χ4v) is 3.93. The second-order valence-electron chi connectivity index (χ2n) is 6.62. The maximum Gasteiger partial charge on any atom is 0.254 e. The van der Waals surface area contributed by atoms with E-state index in [9.17, 15) is 4.79 Å². The third-order valence-electron chi connectivity index (χ3n) is 5.23. The zero-order chi connectivity index (χ0) is 17.0. The predicted octanol–water partition coefficient (Wildman–Crippen LogP) is 2.74. The zero-order valence-electron chi connectivity index (χ0n) is 14.6. The Morgan fingerprint density at radius 3 is 3.12 bits per heavy atom. The minimum Gasteiger partial charge on any atom is -0.497 e. The van der Waals surface area contributed by atoms with Crippen molar-refractivity contribution in [1.29, 1.82) is 0 Å². The molecule has 1 saturated carbocycles. The van der Waals surface area contributed by atoms with Crippen LogP contribution in [-0.4, -0.2) is 56.4 Å². The molecule has 24 heavy (non-hydrogen) atoms. The maximum absolute atomic E-state index is 12.9. The molecule has 0 radical (unpaired) electrons. The summed E-state index contributed by atoms with van der Waals surface area (Å²) in [5, 5.41) is 0. The zero-order valence-corrected chi connectivity index (χ0v) is 14.6. The number of nitrogens with zero attached hydrogens (tertiary/aromatic N) is 1. The van der Waals surface area contributed by atoms with Crippen LogP contribution in [0.5, 0.6) is 5.75 Å². The molecule has 1 aromatic carbocycles. The van der Waals surface area contributed by atoms with Gasteiger partial charge < -0.3 is 19.1 Å². The van der Waals surface area contributed by atoms with Crippen LogP contribution in [0.15, 0.2) is 24.3 Å². The third-order valence-corrected chi connectivity index (χ3v) is 5.23. The molecule has 5 nitrogen and oxygen atoms in total. The van der Waals surface area contributed by atoms with E-state index in [-0.39, 0.29) is 11.5 Å². The minimum absolute atomic E-state index is 0.0543. The molecule has 1 heterocycles. The van der Waals surface area contributed by atoms with Crippen molar-refractivity contribution in [2.45, 2.75) is 31.8 Å². The average molecular weight is 333 g/mol. The van der Waals surface area contributed by atoms with Gasteiger partial charge in [-0.25, -0.2) is 0 Å². The molecule has 0 bridgehead atoms. The molecule has 2 atom stereocenters. The van der Waals surface area contributed by atoms with Gasteiger partial charge in [-0.1, -0.05) is 12.5 Å². The fourth-order valence-electron chi connectivity index (χ4n) is 3.93. The largest absolute Gasteiger partial charge is 0.497 e. The van der Waals surface area contributed by atoms with E-state index in [0.29, 0.717) is 36.9 Å². The van der Waals surface area contributed by atoms with Crippen LogP contribution < -0.4 is 4.74 Å². The smallest absolute Gasteiger partial charge is 0.254 e. The lowest BCUT2D eigenvalue weighted by Crippen LogP contribution is -2.56. The van der Waals surface area contributed by atoms with Gasteiger partial charge in [0, 0.05) is 24.6 Å². The van der Waals surface area contributed by atoms with Crippen LogP contribution in [0.25, 0.3) is 0 Å². The molecule has 1 aliphatic carbocycles. The Hall–Kier alpha value is -1.59. The van der Waals surface area contributed by atoms with Crippen LogP contribution >= 0.6 is 0 Å². The van der Waals surface area contributed by atoms with Crippen molar-refractivity contribution in [2.75, 3.05) is 40.0 Å². The van der Waals surface area contributed by atoms with Crippen LogP contribution in [0.4, 0.5) is 0 Å². The van der Waals surface area contributed by atoms with Crippen LogP contribution in [0, 0.1) is 5.92 Å². The first-order valence-electron chi connectivity index (χ1n) is 8.83. The number of carbonyl (C=O) groups excluding carboxylic acids is 1. The summed E-state index contributed by atoms with van der Waals surface area (Å²) >= 11 is 0. The van der Waals surface area contributed by atoms with Gasteiger partial charge in [-0.05, 0) is 38.0 Å². The Kier molecular flexibility index (Phi) is 5.41. The molecule has 0 aromatic heterocycles. The highest BCUT2D eigenvalue weighted by Crippen LogP contribution is 2.41. The predicted molar refractivity (Wildman–Crippen MR) is 91.4 cm³/mol. The number of carbonyl (C=O) groups is 1. The fraction of sp³-hybridized carbons (Fsp3) is 0.632. The van der Waals surface area contributed by atoms with Gasteiger partial charge in [-0.2, -0.15) is 0 Å². The number of hydrogen-bond acceptors (Lipinski definition) is 4. The van der Waals surface area contributed by atoms with Gasteiger partial charge >= 0.3 is 0 Å². The molecule has 5 heteroatoms. The van der Waals surface area contributed by atoms with E-state index < -0.39 is 0 Å². The Morgan fingerprint density at radius 1 is 1.46 bits per heavy atom. The lowest BCUT2D eigenvalue weighted by atomic mass is 9.89. The quantitative estimate of drug-likeness (QED) is 0.831. The normalized spacial score (nSPS) is 26.8.